The van der Waals surface area contributed by atoms with Crippen LogP contribution in [0.4, 0.5) is 4.79 Å². The van der Waals surface area contributed by atoms with Crippen molar-refractivity contribution < 1.29 is 22.0 Å². The van der Waals surface area contributed by atoms with Crippen LogP contribution in [0.15, 0.2) is 0 Å². The highest BCUT2D eigenvalue weighted by molar-refractivity contribution is 5.73. The number of alkyl carbamates (subject to hydrolysis) is 1. The van der Waals surface area contributed by atoms with Gasteiger partial charge in [0.25, 0.3) is 0 Å². The van der Waals surface area contributed by atoms with Gasteiger partial charge in [0.2, 0.25) is 11.8 Å². The molecule has 0 rings (SSSR count). The van der Waals surface area contributed by atoms with E-state index in [2.05, 4.69) is 29.2 Å². The van der Waals surface area contributed by atoms with Crippen molar-refractivity contribution in [2.24, 2.45) is 0 Å². The summed E-state index contributed by atoms with van der Waals surface area (Å²) in [7, 11) is 1.30. The van der Waals surface area contributed by atoms with Gasteiger partial charge in [-0.15, -0.1) is 0 Å². The summed E-state index contributed by atoms with van der Waals surface area (Å²) < 4.78 is 4.44. The predicted octanol–water partition coefficient (Wildman–Crippen LogP) is 2.02. The van der Waals surface area contributed by atoms with Crippen LogP contribution in [-0.4, -0.2) is 56.1 Å². The monoisotopic (exact) mass is 321 g/mol. The van der Waals surface area contributed by atoms with Crippen molar-refractivity contribution in [2.45, 2.75) is 47.0 Å². The molecule has 0 atom stereocenters. The molecule has 0 aliphatic heterocycles. The molecule has 134 valence electrons. The number of ether oxygens (including phenoxy) is 1. The summed E-state index contributed by atoms with van der Waals surface area (Å²) in [6.45, 7) is 9.39. The quantitative estimate of drug-likeness (QED) is 0.669. The van der Waals surface area contributed by atoms with Gasteiger partial charge >= 0.3 is 6.09 Å². The smallest absolute Gasteiger partial charge is 0.406 e. The number of nitrogens with zero attached hydrogens (tertiary/aromatic N) is 1. The summed E-state index contributed by atoms with van der Waals surface area (Å²) in [6.07, 6.45) is 2.15. The van der Waals surface area contributed by atoms with E-state index in [9.17, 15) is 14.4 Å². The highest BCUT2D eigenvalue weighted by Crippen LogP contribution is 1.95. The predicted molar refractivity (Wildman–Crippen MR) is 90.8 cm³/mol. The van der Waals surface area contributed by atoms with E-state index in [0.29, 0.717) is 39.0 Å². The van der Waals surface area contributed by atoms with E-state index in [-0.39, 0.29) is 14.7 Å². The second kappa shape index (κ2) is 15.6. The number of amides is 3. The molecule has 0 aromatic rings. The van der Waals surface area contributed by atoms with Gasteiger partial charge in [-0.1, -0.05) is 20.3 Å². The van der Waals surface area contributed by atoms with Gasteiger partial charge in [-0.2, -0.15) is 0 Å². The van der Waals surface area contributed by atoms with Crippen LogP contribution in [-0.2, 0) is 14.3 Å². The molecule has 0 aromatic heterocycles. The van der Waals surface area contributed by atoms with Crippen molar-refractivity contribution in [2.75, 3.05) is 33.3 Å². The molecule has 0 fully saturated rings. The summed E-state index contributed by atoms with van der Waals surface area (Å²) in [5, 5.41) is 5.23. The molecule has 3 amide bonds. The first-order valence-electron chi connectivity index (χ1n) is 7.70. The number of hydrogen-bond donors (Lipinski definition) is 2. The van der Waals surface area contributed by atoms with Gasteiger partial charge in [0.1, 0.15) is 0 Å². The molecule has 0 saturated heterocycles. The highest BCUT2D eigenvalue weighted by atomic mass is 16.5. The molecule has 0 aliphatic carbocycles. The van der Waals surface area contributed by atoms with Gasteiger partial charge in [-0.05, 0) is 12.8 Å². The lowest BCUT2D eigenvalue weighted by Gasteiger charge is -2.21. The molecule has 0 radical (unpaired) electrons. The van der Waals surface area contributed by atoms with Crippen LogP contribution in [0.1, 0.15) is 49.8 Å². The Balaban J connectivity index is -0.000000370. The molecule has 7 nitrogen and oxygen atoms in total. The SMILES string of the molecule is CCC.COC(=O)NCCCN(CCCNC(C)=O)C(C)=O.[HH].[HH]. The minimum Gasteiger partial charge on any atom is -0.453 e. The Labute approximate surface area is 136 Å². The number of nitrogens with one attached hydrogen (secondary N) is 2. The third-order valence-corrected chi connectivity index (χ3v) is 2.48. The zero-order valence-electron chi connectivity index (χ0n) is 14.5. The summed E-state index contributed by atoms with van der Waals surface area (Å²) >= 11 is 0. The fraction of sp³-hybridized carbons (Fsp3) is 0.800. The molecule has 0 bridgehead atoms. The summed E-state index contributed by atoms with van der Waals surface area (Å²) in [4.78, 5) is 34.6. The summed E-state index contributed by atoms with van der Waals surface area (Å²) in [5.41, 5.74) is 0. The fourth-order valence-electron chi connectivity index (χ4n) is 1.49. The molecular formula is C15H35N3O4. The average molecular weight is 321 g/mol. The molecule has 7 heteroatoms. The normalized spacial score (nSPS) is 9.14. The maximum absolute atomic E-state index is 11.4. The van der Waals surface area contributed by atoms with E-state index in [1.807, 2.05) is 0 Å². The molecular weight excluding hydrogens is 286 g/mol. The van der Waals surface area contributed by atoms with E-state index in [4.69, 9.17) is 0 Å². The minimum absolute atomic E-state index is 0. The van der Waals surface area contributed by atoms with Crippen molar-refractivity contribution >= 4 is 17.9 Å². The van der Waals surface area contributed by atoms with Crippen molar-refractivity contribution in [3.63, 3.8) is 0 Å². The molecule has 0 heterocycles. The number of carbonyl (C=O) groups excluding carboxylic acids is 3. The van der Waals surface area contributed by atoms with Crippen molar-refractivity contribution in [1.29, 1.82) is 0 Å². The van der Waals surface area contributed by atoms with Crippen LogP contribution >= 0.6 is 0 Å². The van der Waals surface area contributed by atoms with E-state index in [1.165, 1.54) is 27.4 Å². The minimum atomic E-state index is -0.472. The standard InChI is InChI=1S/C12H23N3O4.C3H8.2H2/c1-10(16)13-6-4-8-15(11(2)17)9-5-7-14-12(18)19-3;1-3-2;;/h4-9H2,1-3H3,(H,13,16)(H,14,18);3H2,1-2H3;2*1H. The lowest BCUT2D eigenvalue weighted by Crippen LogP contribution is -2.35. The van der Waals surface area contributed by atoms with E-state index >= 15 is 0 Å². The third-order valence-electron chi connectivity index (χ3n) is 2.48. The largest absolute Gasteiger partial charge is 0.453 e. The zero-order valence-corrected chi connectivity index (χ0v) is 14.5. The maximum Gasteiger partial charge on any atom is 0.406 e. The van der Waals surface area contributed by atoms with Crippen molar-refractivity contribution in [3.05, 3.63) is 0 Å². The van der Waals surface area contributed by atoms with E-state index < -0.39 is 6.09 Å². The Morgan fingerprint density at radius 1 is 1.00 bits per heavy atom. The van der Waals surface area contributed by atoms with Gasteiger partial charge in [-0.25, -0.2) is 4.79 Å². The van der Waals surface area contributed by atoms with Crippen LogP contribution in [0.2, 0.25) is 0 Å². The average Bonchev–Trinajstić information content (AvgIpc) is 2.45. The molecule has 0 aromatic carbocycles. The van der Waals surface area contributed by atoms with Crippen LogP contribution in [0, 0.1) is 0 Å². The van der Waals surface area contributed by atoms with Gasteiger partial charge < -0.3 is 20.3 Å². The third kappa shape index (κ3) is 16.3. The lowest BCUT2D eigenvalue weighted by atomic mass is 10.3. The van der Waals surface area contributed by atoms with Gasteiger partial charge in [0.05, 0.1) is 7.11 Å². The Hall–Kier alpha value is -1.79. The van der Waals surface area contributed by atoms with Crippen molar-refractivity contribution in [1.82, 2.24) is 15.5 Å². The fourth-order valence-corrected chi connectivity index (χ4v) is 1.49. The highest BCUT2D eigenvalue weighted by Gasteiger charge is 2.08. The number of methoxy groups -OCH3 is 1. The van der Waals surface area contributed by atoms with Crippen molar-refractivity contribution in [3.8, 4) is 0 Å². The second-order valence-electron chi connectivity index (χ2n) is 4.82. The Morgan fingerprint density at radius 2 is 1.45 bits per heavy atom. The molecule has 0 aliphatic rings. The van der Waals surface area contributed by atoms with Crippen LogP contribution in [0.5, 0.6) is 0 Å². The van der Waals surface area contributed by atoms with Crippen LogP contribution in [0.25, 0.3) is 0 Å². The molecule has 22 heavy (non-hydrogen) atoms. The first-order chi connectivity index (χ1) is 10.4. The van der Waals surface area contributed by atoms with E-state index in [1.54, 1.807) is 4.90 Å². The Kier molecular flexibility index (Phi) is 15.9. The molecule has 2 N–H and O–H groups in total. The first kappa shape index (κ1) is 22.5. The summed E-state index contributed by atoms with van der Waals surface area (Å²) in [6, 6.07) is 0. The number of carbonyl (C=O) groups is 3. The topological polar surface area (TPSA) is 87.7 Å². The first-order valence-corrected chi connectivity index (χ1v) is 7.70. The molecule has 0 spiro atoms. The van der Waals surface area contributed by atoms with E-state index in [0.717, 1.165) is 0 Å². The maximum atomic E-state index is 11.4. The lowest BCUT2D eigenvalue weighted by molar-refractivity contribution is -0.128. The van der Waals surface area contributed by atoms with Crippen LogP contribution in [0.3, 0.4) is 0 Å². The Bertz CT molecular complexity index is 332. The second-order valence-corrected chi connectivity index (χ2v) is 4.82. The number of hydrogen-bond acceptors (Lipinski definition) is 4. The number of rotatable bonds is 8. The van der Waals surface area contributed by atoms with Gasteiger partial charge in [0.15, 0.2) is 0 Å². The van der Waals surface area contributed by atoms with Gasteiger partial charge in [-0.3, -0.25) is 9.59 Å². The zero-order chi connectivity index (χ0) is 17.4. The van der Waals surface area contributed by atoms with Gasteiger partial charge in [0, 0.05) is 42.9 Å². The Morgan fingerprint density at radius 3 is 1.82 bits per heavy atom. The molecule has 0 unspecified atom stereocenters. The van der Waals surface area contributed by atoms with Crippen LogP contribution < -0.4 is 10.6 Å². The molecule has 0 saturated carbocycles. The summed E-state index contributed by atoms with van der Waals surface area (Å²) in [5.74, 6) is -0.0856.